The molecule has 0 saturated carbocycles. The van der Waals surface area contributed by atoms with Gasteiger partial charge in [-0.15, -0.1) is 0 Å². The summed E-state index contributed by atoms with van der Waals surface area (Å²) in [7, 11) is 0. The maximum Gasteiger partial charge on any atom is 0.265 e. The molecule has 1 aliphatic heterocycles. The van der Waals surface area contributed by atoms with Gasteiger partial charge in [0.25, 0.3) is 5.91 Å². The van der Waals surface area contributed by atoms with E-state index in [9.17, 15) is 4.79 Å². The minimum Gasteiger partial charge on any atom is -0.394 e. The molecule has 1 aliphatic rings. The molecule has 0 saturated heterocycles. The van der Waals surface area contributed by atoms with Crippen LogP contribution < -0.4 is 5.32 Å². The molecule has 0 aromatic carbocycles. The smallest absolute Gasteiger partial charge is 0.265 e. The Morgan fingerprint density at radius 2 is 2.05 bits per heavy atom. The highest BCUT2D eigenvalue weighted by molar-refractivity contribution is 6.39. The number of nitrogens with zero attached hydrogens (tertiary/aromatic N) is 2. The molecule has 6 heteroatoms. The zero-order chi connectivity index (χ0) is 14.4. The van der Waals surface area contributed by atoms with Gasteiger partial charge in [-0.1, -0.05) is 0 Å². The molecule has 2 heterocycles. The van der Waals surface area contributed by atoms with E-state index < -0.39 is 6.04 Å². The van der Waals surface area contributed by atoms with Crippen molar-refractivity contribution in [3.05, 3.63) is 30.1 Å². The second-order valence-corrected chi connectivity index (χ2v) is 4.80. The standard InChI is InChI=1S/C14H19N3O3/c18-8-11(9-19)16-14(20)13-3-1-2-12(17-13)10-4-6-15-7-5-10/h4-7,11-12,18-19H,1-3,8-9H2,(H,16,20). The Morgan fingerprint density at radius 1 is 1.35 bits per heavy atom. The minimum absolute atomic E-state index is 0.0193. The van der Waals surface area contributed by atoms with Gasteiger partial charge in [-0.05, 0) is 37.0 Å². The number of carbonyl (C=O) groups is 1. The Kier molecular flexibility index (Phi) is 5.20. The molecule has 20 heavy (non-hydrogen) atoms. The number of carbonyl (C=O) groups excluding carboxylic acids is 1. The minimum atomic E-state index is -0.633. The Hall–Kier alpha value is -1.79. The van der Waals surface area contributed by atoms with Gasteiger partial charge in [-0.25, -0.2) is 0 Å². The molecule has 108 valence electrons. The maximum absolute atomic E-state index is 12.0. The Bertz CT molecular complexity index is 472. The Morgan fingerprint density at radius 3 is 2.70 bits per heavy atom. The lowest BCUT2D eigenvalue weighted by atomic mass is 9.97. The fourth-order valence-electron chi connectivity index (χ4n) is 2.20. The summed E-state index contributed by atoms with van der Waals surface area (Å²) in [5.74, 6) is -0.308. The summed E-state index contributed by atoms with van der Waals surface area (Å²) in [6.07, 6.45) is 5.85. The fraction of sp³-hybridized carbons (Fsp3) is 0.500. The van der Waals surface area contributed by atoms with Crippen LogP contribution in [0.25, 0.3) is 0 Å². The lowest BCUT2D eigenvalue weighted by molar-refractivity contribution is -0.116. The number of aromatic nitrogens is 1. The van der Waals surface area contributed by atoms with E-state index in [1.54, 1.807) is 12.4 Å². The summed E-state index contributed by atoms with van der Waals surface area (Å²) in [5.41, 5.74) is 1.52. The third-order valence-electron chi connectivity index (χ3n) is 3.33. The second kappa shape index (κ2) is 7.12. The first-order valence-electron chi connectivity index (χ1n) is 6.73. The number of hydrogen-bond donors (Lipinski definition) is 3. The summed E-state index contributed by atoms with van der Waals surface area (Å²) in [4.78, 5) is 20.5. The third-order valence-corrected chi connectivity index (χ3v) is 3.33. The molecule has 6 nitrogen and oxygen atoms in total. The van der Waals surface area contributed by atoms with E-state index >= 15 is 0 Å². The van der Waals surface area contributed by atoms with Crippen LogP contribution in [-0.2, 0) is 4.79 Å². The number of pyridine rings is 1. The van der Waals surface area contributed by atoms with Gasteiger partial charge in [-0.3, -0.25) is 14.8 Å². The third kappa shape index (κ3) is 3.61. The van der Waals surface area contributed by atoms with Crippen LogP contribution in [0.3, 0.4) is 0 Å². The molecule has 1 atom stereocenters. The van der Waals surface area contributed by atoms with Crippen molar-refractivity contribution >= 4 is 11.6 Å². The van der Waals surface area contributed by atoms with Gasteiger partial charge in [0.2, 0.25) is 0 Å². The van der Waals surface area contributed by atoms with Crippen LogP contribution in [0.5, 0.6) is 0 Å². The topological polar surface area (TPSA) is 94.8 Å². The molecule has 0 fully saturated rings. The molecular formula is C14H19N3O3. The molecule has 2 rings (SSSR count). The highest BCUT2D eigenvalue weighted by atomic mass is 16.3. The van der Waals surface area contributed by atoms with Crippen LogP contribution in [0.15, 0.2) is 29.5 Å². The first kappa shape index (κ1) is 14.6. The van der Waals surface area contributed by atoms with Crippen molar-refractivity contribution in [3.63, 3.8) is 0 Å². The molecule has 0 spiro atoms. The molecular weight excluding hydrogens is 258 g/mol. The summed E-state index contributed by atoms with van der Waals surface area (Å²) in [6.45, 7) is -0.577. The van der Waals surface area contributed by atoms with Crippen LogP contribution in [0, 0.1) is 0 Å². The average Bonchev–Trinajstić information content (AvgIpc) is 2.53. The fourth-order valence-corrected chi connectivity index (χ4v) is 2.20. The number of rotatable bonds is 5. The number of aliphatic hydroxyl groups excluding tert-OH is 2. The van der Waals surface area contributed by atoms with Crippen molar-refractivity contribution in [2.75, 3.05) is 13.2 Å². The van der Waals surface area contributed by atoms with Gasteiger partial charge in [-0.2, -0.15) is 0 Å². The van der Waals surface area contributed by atoms with Crippen molar-refractivity contribution in [2.24, 2.45) is 4.99 Å². The molecule has 3 N–H and O–H groups in total. The van der Waals surface area contributed by atoms with Crippen molar-refractivity contribution in [2.45, 2.75) is 31.3 Å². The van der Waals surface area contributed by atoms with Crippen LogP contribution in [-0.4, -0.2) is 46.1 Å². The van der Waals surface area contributed by atoms with Gasteiger partial charge < -0.3 is 15.5 Å². The molecule has 1 aromatic heterocycles. The largest absolute Gasteiger partial charge is 0.394 e. The lowest BCUT2D eigenvalue weighted by Gasteiger charge is -2.21. The summed E-state index contributed by atoms with van der Waals surface area (Å²) < 4.78 is 0. The van der Waals surface area contributed by atoms with E-state index in [4.69, 9.17) is 10.2 Å². The summed E-state index contributed by atoms with van der Waals surface area (Å²) in [6, 6.07) is 3.15. The molecule has 1 unspecified atom stereocenters. The van der Waals surface area contributed by atoms with E-state index in [0.717, 1.165) is 18.4 Å². The Balaban J connectivity index is 2.08. The van der Waals surface area contributed by atoms with E-state index in [1.165, 1.54) is 0 Å². The summed E-state index contributed by atoms with van der Waals surface area (Å²) in [5, 5.41) is 20.5. The number of amides is 1. The monoisotopic (exact) mass is 277 g/mol. The number of aliphatic imine (C=N–C) groups is 1. The molecule has 0 aliphatic carbocycles. The quantitative estimate of drug-likeness (QED) is 0.717. The molecule has 0 radical (unpaired) electrons. The number of aliphatic hydroxyl groups is 2. The van der Waals surface area contributed by atoms with Gasteiger partial charge >= 0.3 is 0 Å². The maximum atomic E-state index is 12.0. The van der Waals surface area contributed by atoms with E-state index in [1.807, 2.05) is 12.1 Å². The molecule has 1 amide bonds. The lowest BCUT2D eigenvalue weighted by Crippen LogP contribution is -2.44. The van der Waals surface area contributed by atoms with Gasteiger partial charge in [0.05, 0.1) is 25.3 Å². The van der Waals surface area contributed by atoms with Crippen molar-refractivity contribution < 1.29 is 15.0 Å². The van der Waals surface area contributed by atoms with E-state index in [-0.39, 0.29) is 25.2 Å². The van der Waals surface area contributed by atoms with Crippen LogP contribution in [0.4, 0.5) is 0 Å². The van der Waals surface area contributed by atoms with E-state index in [2.05, 4.69) is 15.3 Å². The highest BCUT2D eigenvalue weighted by Gasteiger charge is 2.22. The average molecular weight is 277 g/mol. The van der Waals surface area contributed by atoms with Crippen LogP contribution >= 0.6 is 0 Å². The number of nitrogens with one attached hydrogen (secondary N) is 1. The van der Waals surface area contributed by atoms with Crippen LogP contribution in [0.1, 0.15) is 30.9 Å². The SMILES string of the molecule is O=C(NC(CO)CO)C1=NC(c2ccncc2)CCC1. The predicted octanol–water partition coefficient (Wildman–Crippen LogP) is 0.217. The predicted molar refractivity (Wildman–Crippen MR) is 74.4 cm³/mol. The van der Waals surface area contributed by atoms with Crippen molar-refractivity contribution in [3.8, 4) is 0 Å². The molecule has 0 bridgehead atoms. The molecule has 1 aromatic rings. The highest BCUT2D eigenvalue weighted by Crippen LogP contribution is 2.27. The Labute approximate surface area is 117 Å². The zero-order valence-electron chi connectivity index (χ0n) is 11.2. The van der Waals surface area contributed by atoms with Crippen molar-refractivity contribution in [1.82, 2.24) is 10.3 Å². The van der Waals surface area contributed by atoms with Gasteiger partial charge in [0.15, 0.2) is 0 Å². The van der Waals surface area contributed by atoms with Crippen LogP contribution in [0.2, 0.25) is 0 Å². The normalized spacial score (nSPS) is 18.8. The van der Waals surface area contributed by atoms with Gasteiger partial charge in [0.1, 0.15) is 5.71 Å². The first-order chi connectivity index (χ1) is 9.74. The van der Waals surface area contributed by atoms with Crippen molar-refractivity contribution in [1.29, 1.82) is 0 Å². The summed E-state index contributed by atoms with van der Waals surface area (Å²) >= 11 is 0. The van der Waals surface area contributed by atoms with Gasteiger partial charge in [0, 0.05) is 12.4 Å². The second-order valence-electron chi connectivity index (χ2n) is 4.80. The first-order valence-corrected chi connectivity index (χ1v) is 6.73. The number of hydrogen-bond acceptors (Lipinski definition) is 5. The van der Waals surface area contributed by atoms with E-state index in [0.29, 0.717) is 12.1 Å². The zero-order valence-corrected chi connectivity index (χ0v) is 11.2.